The third kappa shape index (κ3) is 4.08. The van der Waals surface area contributed by atoms with Gasteiger partial charge < -0.3 is 5.32 Å². The molecule has 94 valence electrons. The van der Waals surface area contributed by atoms with Crippen LogP contribution in [0.2, 0.25) is 0 Å². The molecule has 1 N–H and O–H groups in total. The molecule has 1 saturated heterocycles. The fraction of sp³-hybridized carbons (Fsp3) is 0.846. The maximum Gasteiger partial charge on any atom is 0.0281 e. The van der Waals surface area contributed by atoms with Gasteiger partial charge in [0, 0.05) is 36.8 Å². The van der Waals surface area contributed by atoms with E-state index in [9.17, 15) is 0 Å². The summed E-state index contributed by atoms with van der Waals surface area (Å²) in [5, 5.41) is 3.65. The van der Waals surface area contributed by atoms with Crippen molar-refractivity contribution >= 4 is 11.6 Å². The first-order valence-electron chi connectivity index (χ1n) is 6.19. The summed E-state index contributed by atoms with van der Waals surface area (Å²) in [4.78, 5) is 2.51. The lowest BCUT2D eigenvalue weighted by Crippen LogP contribution is -2.62. The third-order valence-corrected chi connectivity index (χ3v) is 3.47. The van der Waals surface area contributed by atoms with Crippen molar-refractivity contribution in [1.82, 2.24) is 10.2 Å². The second-order valence-corrected chi connectivity index (χ2v) is 6.04. The molecule has 16 heavy (non-hydrogen) atoms. The van der Waals surface area contributed by atoms with Crippen molar-refractivity contribution in [2.45, 2.75) is 45.7 Å². The SMILES string of the molecule is CC(C)CC1CN(C/C=C/Cl)C(C)(C)CN1. The molecule has 0 bridgehead atoms. The van der Waals surface area contributed by atoms with Gasteiger partial charge in [0.25, 0.3) is 0 Å². The van der Waals surface area contributed by atoms with Crippen LogP contribution in [-0.4, -0.2) is 36.1 Å². The van der Waals surface area contributed by atoms with Crippen LogP contribution < -0.4 is 5.32 Å². The van der Waals surface area contributed by atoms with Crippen molar-refractivity contribution in [3.8, 4) is 0 Å². The van der Waals surface area contributed by atoms with Crippen molar-refractivity contribution < 1.29 is 0 Å². The number of nitrogens with one attached hydrogen (secondary N) is 1. The van der Waals surface area contributed by atoms with Crippen LogP contribution in [-0.2, 0) is 0 Å². The Balaban J connectivity index is 2.55. The van der Waals surface area contributed by atoms with E-state index in [2.05, 4.69) is 37.9 Å². The lowest BCUT2D eigenvalue weighted by atomic mass is 9.94. The van der Waals surface area contributed by atoms with E-state index in [1.807, 2.05) is 6.08 Å². The fourth-order valence-electron chi connectivity index (χ4n) is 2.30. The Kier molecular flexibility index (Phi) is 5.29. The lowest BCUT2D eigenvalue weighted by Gasteiger charge is -2.46. The Bertz CT molecular complexity index is 236. The molecule has 1 atom stereocenters. The van der Waals surface area contributed by atoms with Gasteiger partial charge in [0.05, 0.1) is 0 Å². The maximum absolute atomic E-state index is 5.61. The minimum atomic E-state index is 0.226. The molecule has 3 heteroatoms. The average molecular weight is 245 g/mol. The molecular weight excluding hydrogens is 220 g/mol. The van der Waals surface area contributed by atoms with E-state index in [-0.39, 0.29) is 5.54 Å². The zero-order chi connectivity index (χ0) is 12.2. The molecular formula is C13H25ClN2. The highest BCUT2D eigenvalue weighted by Gasteiger charge is 2.33. The van der Waals surface area contributed by atoms with Gasteiger partial charge in [-0.1, -0.05) is 31.5 Å². The molecule has 0 aromatic heterocycles. The molecule has 0 amide bonds. The predicted molar refractivity (Wildman–Crippen MR) is 71.9 cm³/mol. The summed E-state index contributed by atoms with van der Waals surface area (Å²) in [5.74, 6) is 0.754. The van der Waals surface area contributed by atoms with Crippen molar-refractivity contribution in [3.05, 3.63) is 11.6 Å². The van der Waals surface area contributed by atoms with Crippen molar-refractivity contribution in [2.24, 2.45) is 5.92 Å². The van der Waals surface area contributed by atoms with Crippen LogP contribution in [0.15, 0.2) is 11.6 Å². The van der Waals surface area contributed by atoms with Crippen LogP contribution in [0.25, 0.3) is 0 Å². The second-order valence-electron chi connectivity index (χ2n) is 5.79. The van der Waals surface area contributed by atoms with Gasteiger partial charge in [-0.2, -0.15) is 0 Å². The summed E-state index contributed by atoms with van der Waals surface area (Å²) in [7, 11) is 0. The number of halogens is 1. The predicted octanol–water partition coefficient (Wildman–Crippen LogP) is 2.84. The minimum Gasteiger partial charge on any atom is -0.311 e. The molecule has 0 radical (unpaired) electrons. The van der Waals surface area contributed by atoms with Crippen molar-refractivity contribution in [1.29, 1.82) is 0 Å². The van der Waals surface area contributed by atoms with Crippen LogP contribution in [0.4, 0.5) is 0 Å². The molecule has 1 aliphatic heterocycles. The van der Waals surface area contributed by atoms with E-state index in [0.717, 1.165) is 25.6 Å². The molecule has 1 rings (SSSR count). The third-order valence-electron chi connectivity index (χ3n) is 3.29. The monoisotopic (exact) mass is 244 g/mol. The van der Waals surface area contributed by atoms with Crippen LogP contribution >= 0.6 is 11.6 Å². The van der Waals surface area contributed by atoms with E-state index in [4.69, 9.17) is 11.6 Å². The Hall–Kier alpha value is -0.0500. The Morgan fingerprint density at radius 3 is 2.75 bits per heavy atom. The Labute approximate surface area is 105 Å². The van der Waals surface area contributed by atoms with Gasteiger partial charge in [0.15, 0.2) is 0 Å². The summed E-state index contributed by atoms with van der Waals surface area (Å²) in [6.07, 6.45) is 3.28. The van der Waals surface area contributed by atoms with Gasteiger partial charge in [-0.25, -0.2) is 0 Å². The highest BCUT2D eigenvalue weighted by atomic mass is 35.5. The molecule has 0 aromatic rings. The average Bonchev–Trinajstić information content (AvgIpc) is 2.18. The van der Waals surface area contributed by atoms with E-state index in [1.165, 1.54) is 6.42 Å². The highest BCUT2D eigenvalue weighted by Crippen LogP contribution is 2.21. The molecule has 0 saturated carbocycles. The smallest absolute Gasteiger partial charge is 0.0281 e. The summed E-state index contributed by atoms with van der Waals surface area (Å²) in [6, 6.07) is 0.622. The molecule has 1 heterocycles. The molecule has 0 aromatic carbocycles. The molecule has 1 unspecified atom stereocenters. The highest BCUT2D eigenvalue weighted by molar-refractivity contribution is 6.25. The topological polar surface area (TPSA) is 15.3 Å². The Morgan fingerprint density at radius 2 is 2.19 bits per heavy atom. The van der Waals surface area contributed by atoms with E-state index in [0.29, 0.717) is 6.04 Å². The second kappa shape index (κ2) is 6.04. The molecule has 0 spiro atoms. The van der Waals surface area contributed by atoms with E-state index < -0.39 is 0 Å². The maximum atomic E-state index is 5.61. The summed E-state index contributed by atoms with van der Waals surface area (Å²) in [5.41, 5.74) is 1.85. The molecule has 1 fully saturated rings. The quantitative estimate of drug-likeness (QED) is 0.818. The number of nitrogens with zero attached hydrogens (tertiary/aromatic N) is 1. The summed E-state index contributed by atoms with van der Waals surface area (Å²) < 4.78 is 0. The first kappa shape index (κ1) is 14.0. The zero-order valence-corrected chi connectivity index (χ0v) is 11.7. The number of hydrogen-bond donors (Lipinski definition) is 1. The first-order valence-corrected chi connectivity index (χ1v) is 6.63. The summed E-state index contributed by atoms with van der Waals surface area (Å²) in [6.45, 7) is 12.3. The van der Waals surface area contributed by atoms with Crippen molar-refractivity contribution in [3.63, 3.8) is 0 Å². The largest absolute Gasteiger partial charge is 0.311 e. The van der Waals surface area contributed by atoms with E-state index >= 15 is 0 Å². The van der Waals surface area contributed by atoms with Crippen LogP contribution in [0.3, 0.4) is 0 Å². The normalized spacial score (nSPS) is 26.8. The van der Waals surface area contributed by atoms with Crippen LogP contribution in [0, 0.1) is 5.92 Å². The van der Waals surface area contributed by atoms with Gasteiger partial charge in [0.2, 0.25) is 0 Å². The van der Waals surface area contributed by atoms with Crippen LogP contribution in [0.5, 0.6) is 0 Å². The number of rotatable bonds is 4. The zero-order valence-electron chi connectivity index (χ0n) is 11.0. The minimum absolute atomic E-state index is 0.226. The molecule has 0 aliphatic carbocycles. The molecule has 1 aliphatic rings. The lowest BCUT2D eigenvalue weighted by molar-refractivity contribution is 0.0728. The fourth-order valence-corrected chi connectivity index (χ4v) is 2.38. The first-order chi connectivity index (χ1) is 7.45. The summed E-state index contributed by atoms with van der Waals surface area (Å²) >= 11 is 5.61. The Morgan fingerprint density at radius 1 is 1.50 bits per heavy atom. The standard InChI is InChI=1S/C13H25ClN2/c1-11(2)8-12-9-16(7-5-6-14)13(3,4)10-15-12/h5-6,11-12,15H,7-10H2,1-4H3/b6-5+. The number of hydrogen-bond acceptors (Lipinski definition) is 2. The molecule has 2 nitrogen and oxygen atoms in total. The van der Waals surface area contributed by atoms with Gasteiger partial charge in [-0.3, -0.25) is 4.90 Å². The van der Waals surface area contributed by atoms with Crippen molar-refractivity contribution in [2.75, 3.05) is 19.6 Å². The van der Waals surface area contributed by atoms with Crippen LogP contribution in [0.1, 0.15) is 34.1 Å². The van der Waals surface area contributed by atoms with E-state index in [1.54, 1.807) is 5.54 Å². The van der Waals surface area contributed by atoms with Gasteiger partial charge in [0.1, 0.15) is 0 Å². The van der Waals surface area contributed by atoms with Gasteiger partial charge in [-0.15, -0.1) is 0 Å². The number of piperazine rings is 1. The van der Waals surface area contributed by atoms with Gasteiger partial charge >= 0.3 is 0 Å². The van der Waals surface area contributed by atoms with Gasteiger partial charge in [-0.05, 0) is 26.2 Å².